The average molecular weight is 524 g/mol. The highest BCUT2D eigenvalue weighted by Gasteiger charge is 2.56. The van der Waals surface area contributed by atoms with Gasteiger partial charge in [0.25, 0.3) is 3.54 Å². The fourth-order valence-electron chi connectivity index (χ4n) is 2.82. The molecule has 0 saturated heterocycles. The topological polar surface area (TPSA) is 68.3 Å². The highest BCUT2D eigenvalue weighted by Crippen LogP contribution is 2.48. The molecule has 0 aliphatic heterocycles. The first kappa shape index (κ1) is 23.4. The first-order valence-corrected chi connectivity index (χ1v) is 12.9. The van der Waals surface area contributed by atoms with E-state index in [9.17, 15) is 16.8 Å². The van der Waals surface area contributed by atoms with Crippen LogP contribution in [0.1, 0.15) is 11.1 Å². The van der Waals surface area contributed by atoms with E-state index in [0.717, 1.165) is 0 Å². The second-order valence-corrected chi connectivity index (χ2v) is 14.0. The summed E-state index contributed by atoms with van der Waals surface area (Å²) in [6.07, 6.45) is 0. The minimum atomic E-state index is -4.63. The molecule has 0 atom stereocenters. The van der Waals surface area contributed by atoms with Gasteiger partial charge in [-0.05, 0) is 24.3 Å². The number of hydrogen-bond donors (Lipinski definition) is 0. The lowest BCUT2D eigenvalue weighted by molar-refractivity contribution is 0.569. The van der Waals surface area contributed by atoms with E-state index in [4.69, 9.17) is 46.4 Å². The molecule has 0 amide bonds. The Labute approximate surface area is 195 Å². The van der Waals surface area contributed by atoms with Gasteiger partial charge in [-0.2, -0.15) is 0 Å². The molecule has 0 heterocycles. The van der Waals surface area contributed by atoms with E-state index in [0.29, 0.717) is 0 Å². The van der Waals surface area contributed by atoms with E-state index in [1.807, 2.05) is 0 Å². The number of sulfone groups is 2. The van der Waals surface area contributed by atoms with Gasteiger partial charge in [-0.1, -0.05) is 107 Å². The van der Waals surface area contributed by atoms with Gasteiger partial charge in [0.05, 0.1) is 9.79 Å². The normalized spacial score (nSPS) is 13.2. The van der Waals surface area contributed by atoms with E-state index in [-0.39, 0.29) is 20.9 Å². The van der Waals surface area contributed by atoms with Gasteiger partial charge in [0, 0.05) is 11.1 Å². The number of benzene rings is 3. The number of halogens is 4. The summed E-state index contributed by atoms with van der Waals surface area (Å²) in [7, 11) is -9.26. The van der Waals surface area contributed by atoms with Crippen LogP contribution in [0, 0.1) is 0 Å². The molecule has 10 heteroatoms. The highest BCUT2D eigenvalue weighted by molar-refractivity contribution is 8.11. The van der Waals surface area contributed by atoms with Gasteiger partial charge >= 0.3 is 0 Å². The third kappa shape index (κ3) is 3.97. The molecule has 158 valence electrons. The van der Waals surface area contributed by atoms with Crippen molar-refractivity contribution in [3.05, 3.63) is 96.1 Å². The van der Waals surface area contributed by atoms with Crippen LogP contribution in [0.5, 0.6) is 0 Å². The Morgan fingerprint density at radius 2 is 0.833 bits per heavy atom. The third-order valence-electron chi connectivity index (χ3n) is 4.36. The summed E-state index contributed by atoms with van der Waals surface area (Å²) < 4.78 is 49.6. The summed E-state index contributed by atoms with van der Waals surface area (Å²) >= 11 is 24.2. The molecule has 0 aliphatic rings. The molecule has 0 spiro atoms. The molecular weight excluding hydrogens is 510 g/mol. The molecule has 0 aromatic heterocycles. The van der Waals surface area contributed by atoms with Crippen molar-refractivity contribution in [2.45, 2.75) is 17.1 Å². The Hall–Kier alpha value is -1.28. The van der Waals surface area contributed by atoms with E-state index in [2.05, 4.69) is 0 Å². The Kier molecular flexibility index (Phi) is 6.50. The molecule has 4 nitrogen and oxygen atoms in total. The van der Waals surface area contributed by atoms with Crippen LogP contribution in [0.15, 0.2) is 94.7 Å². The molecule has 3 aromatic carbocycles. The lowest BCUT2D eigenvalue weighted by Gasteiger charge is -2.28. The van der Waals surface area contributed by atoms with Crippen molar-refractivity contribution in [3.8, 4) is 0 Å². The summed E-state index contributed by atoms with van der Waals surface area (Å²) in [5.74, 6) is 0. The van der Waals surface area contributed by atoms with E-state index >= 15 is 0 Å². The highest BCUT2D eigenvalue weighted by atomic mass is 35.6. The molecular formula is C20H14Cl4O4S2. The van der Waals surface area contributed by atoms with Gasteiger partial charge in [0.2, 0.25) is 23.5 Å². The second kappa shape index (κ2) is 8.34. The predicted molar refractivity (Wildman–Crippen MR) is 120 cm³/mol. The van der Waals surface area contributed by atoms with Crippen LogP contribution in [-0.2, 0) is 27.0 Å². The van der Waals surface area contributed by atoms with Gasteiger partial charge in [-0.15, -0.1) is 0 Å². The summed E-state index contributed by atoms with van der Waals surface area (Å²) in [6.45, 7) is 0. The lowest BCUT2D eigenvalue weighted by atomic mass is 10.2. The summed E-state index contributed by atoms with van der Waals surface area (Å²) in [4.78, 5) is -0.491. The fraction of sp³-hybridized carbons (Fsp3) is 0.100. The SMILES string of the molecule is O=S(=O)(c1ccccc1)C(Cl)(c1ccc(C(Cl)(Cl)Cl)cc1)S(=O)(=O)c1ccccc1. The fourth-order valence-corrected chi connectivity index (χ4v) is 8.12. The van der Waals surface area contributed by atoms with Crippen molar-refractivity contribution >= 4 is 66.1 Å². The minimum Gasteiger partial charge on any atom is -0.220 e. The quantitative estimate of drug-likeness (QED) is 0.395. The predicted octanol–water partition coefficient (Wildman–Crippen LogP) is 5.81. The smallest absolute Gasteiger partial charge is 0.220 e. The standard InChI is InChI=1S/C20H14Cl4O4S2/c21-19(22,23)15-11-13-16(14-12-15)20(24,29(25,26)17-7-3-1-4-8-17)30(27,28)18-9-5-2-6-10-18/h1-14H. The molecule has 0 bridgehead atoms. The first-order valence-electron chi connectivity index (χ1n) is 8.38. The van der Waals surface area contributed by atoms with Crippen molar-refractivity contribution in [2.75, 3.05) is 0 Å². The molecule has 30 heavy (non-hydrogen) atoms. The summed E-state index contributed by atoms with van der Waals surface area (Å²) in [5, 5.41) is 0. The molecule has 3 rings (SSSR count). The van der Waals surface area contributed by atoms with Crippen LogP contribution in [0.3, 0.4) is 0 Å². The van der Waals surface area contributed by atoms with Crippen molar-refractivity contribution in [1.82, 2.24) is 0 Å². The maximum absolute atomic E-state index is 13.6. The molecule has 0 fully saturated rings. The maximum atomic E-state index is 13.6. The zero-order valence-electron chi connectivity index (χ0n) is 15.0. The van der Waals surface area contributed by atoms with Crippen molar-refractivity contribution in [2.24, 2.45) is 0 Å². The number of alkyl halides is 4. The number of rotatable bonds is 5. The molecule has 0 saturated carbocycles. The van der Waals surface area contributed by atoms with Crippen LogP contribution in [0.4, 0.5) is 0 Å². The molecule has 3 aromatic rings. The van der Waals surface area contributed by atoms with Crippen molar-refractivity contribution < 1.29 is 16.8 Å². The zero-order valence-corrected chi connectivity index (χ0v) is 19.7. The van der Waals surface area contributed by atoms with Crippen molar-refractivity contribution in [3.63, 3.8) is 0 Å². The zero-order chi connectivity index (χ0) is 22.2. The maximum Gasteiger partial charge on any atom is 0.279 e. The van der Waals surface area contributed by atoms with Crippen LogP contribution in [-0.4, -0.2) is 16.8 Å². The summed E-state index contributed by atoms with van der Waals surface area (Å²) in [5.41, 5.74) is 0.0272. The Bertz CT molecular complexity index is 1170. The summed E-state index contributed by atoms with van der Waals surface area (Å²) in [6, 6.07) is 19.3. The van der Waals surface area contributed by atoms with E-state index in [1.165, 1.54) is 72.8 Å². The minimum absolute atomic E-state index is 0.199. The van der Waals surface area contributed by atoms with Crippen LogP contribution >= 0.6 is 46.4 Å². The Morgan fingerprint density at radius 1 is 0.500 bits per heavy atom. The average Bonchev–Trinajstić information content (AvgIpc) is 2.73. The van der Waals surface area contributed by atoms with E-state index in [1.54, 1.807) is 12.1 Å². The molecule has 0 N–H and O–H groups in total. The third-order valence-corrected chi connectivity index (χ3v) is 11.4. The first-order chi connectivity index (χ1) is 13.9. The van der Waals surface area contributed by atoms with Gasteiger partial charge < -0.3 is 0 Å². The van der Waals surface area contributed by atoms with Gasteiger partial charge in [0.1, 0.15) is 0 Å². The number of hydrogen-bond acceptors (Lipinski definition) is 4. The van der Waals surface area contributed by atoms with Gasteiger partial charge in [0.15, 0.2) is 0 Å². The van der Waals surface area contributed by atoms with Gasteiger partial charge in [-0.25, -0.2) is 16.8 Å². The van der Waals surface area contributed by atoms with Crippen LogP contribution in [0.2, 0.25) is 0 Å². The Balaban J connectivity index is 2.33. The monoisotopic (exact) mass is 522 g/mol. The van der Waals surface area contributed by atoms with Crippen LogP contribution < -0.4 is 0 Å². The van der Waals surface area contributed by atoms with Gasteiger partial charge in [-0.3, -0.25) is 0 Å². The molecule has 0 aliphatic carbocycles. The molecule has 0 radical (unpaired) electrons. The van der Waals surface area contributed by atoms with E-state index < -0.39 is 27.0 Å². The molecule has 0 unspecified atom stereocenters. The largest absolute Gasteiger partial charge is 0.279 e. The second-order valence-electron chi connectivity index (χ2n) is 6.24. The lowest BCUT2D eigenvalue weighted by Crippen LogP contribution is -2.38. The van der Waals surface area contributed by atoms with Crippen molar-refractivity contribution in [1.29, 1.82) is 0 Å². The Morgan fingerprint density at radius 3 is 1.17 bits per heavy atom. The van der Waals surface area contributed by atoms with Crippen LogP contribution in [0.25, 0.3) is 0 Å².